The van der Waals surface area contributed by atoms with Crippen LogP contribution in [0.5, 0.6) is 0 Å². The van der Waals surface area contributed by atoms with Gasteiger partial charge in [-0.3, -0.25) is 14.7 Å². The number of piperazine rings is 1. The van der Waals surface area contributed by atoms with E-state index in [9.17, 15) is 4.79 Å². The molecule has 154 valence electrons. The van der Waals surface area contributed by atoms with E-state index in [0.29, 0.717) is 38.7 Å². The average molecular weight is 396 g/mol. The molecule has 0 unspecified atom stereocenters. The lowest BCUT2D eigenvalue weighted by molar-refractivity contribution is -0.133. The molecule has 2 aliphatic rings. The lowest BCUT2D eigenvalue weighted by Crippen LogP contribution is -2.52. The maximum Gasteiger partial charge on any atom is 0.236 e. The molecular weight excluding hydrogens is 368 g/mol. The highest BCUT2D eigenvalue weighted by molar-refractivity contribution is 5.78. The number of pyridine rings is 1. The van der Waals surface area contributed by atoms with Crippen molar-refractivity contribution in [1.29, 1.82) is 0 Å². The molecule has 2 aliphatic heterocycles. The third-order valence-corrected chi connectivity index (χ3v) is 5.65. The molecule has 0 aromatic carbocycles. The van der Waals surface area contributed by atoms with Crippen molar-refractivity contribution in [3.63, 3.8) is 0 Å². The SMILES string of the molecule is Cc1nc(-c2ccccn2)nc(N2CCN(C(=O)CN3CCOCC3)CC2)c1C. The number of anilines is 1. The molecule has 8 nitrogen and oxygen atoms in total. The number of hydrogen-bond acceptors (Lipinski definition) is 7. The van der Waals surface area contributed by atoms with Crippen molar-refractivity contribution in [1.82, 2.24) is 24.8 Å². The molecule has 29 heavy (non-hydrogen) atoms. The number of carbonyl (C=O) groups excluding carboxylic acids is 1. The molecule has 0 saturated carbocycles. The van der Waals surface area contributed by atoms with Crippen LogP contribution in [0.4, 0.5) is 5.82 Å². The Morgan fingerprint density at radius 3 is 2.48 bits per heavy atom. The Hall–Kier alpha value is -2.58. The zero-order valence-electron chi connectivity index (χ0n) is 17.2. The van der Waals surface area contributed by atoms with Gasteiger partial charge in [-0.2, -0.15) is 0 Å². The summed E-state index contributed by atoms with van der Waals surface area (Å²) in [6.45, 7) is 10.6. The van der Waals surface area contributed by atoms with E-state index in [1.54, 1.807) is 6.20 Å². The van der Waals surface area contributed by atoms with Crippen LogP contribution in [-0.4, -0.2) is 89.7 Å². The highest BCUT2D eigenvalue weighted by Crippen LogP contribution is 2.24. The number of aryl methyl sites for hydroxylation is 1. The van der Waals surface area contributed by atoms with Crippen molar-refractivity contribution in [3.05, 3.63) is 35.7 Å². The molecule has 2 fully saturated rings. The molecule has 0 atom stereocenters. The van der Waals surface area contributed by atoms with Crippen LogP contribution in [0.2, 0.25) is 0 Å². The summed E-state index contributed by atoms with van der Waals surface area (Å²) in [4.78, 5) is 32.9. The number of amides is 1. The number of hydrogen-bond donors (Lipinski definition) is 0. The van der Waals surface area contributed by atoms with Gasteiger partial charge in [0.1, 0.15) is 11.5 Å². The average Bonchev–Trinajstić information content (AvgIpc) is 2.77. The van der Waals surface area contributed by atoms with Crippen molar-refractivity contribution in [2.24, 2.45) is 0 Å². The Labute approximate surface area is 171 Å². The minimum Gasteiger partial charge on any atom is -0.379 e. The minimum absolute atomic E-state index is 0.205. The number of morpholine rings is 1. The van der Waals surface area contributed by atoms with Crippen molar-refractivity contribution < 1.29 is 9.53 Å². The molecule has 0 aliphatic carbocycles. The third kappa shape index (κ3) is 4.54. The monoisotopic (exact) mass is 396 g/mol. The number of nitrogens with zero attached hydrogens (tertiary/aromatic N) is 6. The normalized spacial score (nSPS) is 18.1. The van der Waals surface area contributed by atoms with Crippen molar-refractivity contribution in [2.75, 3.05) is 63.9 Å². The first-order valence-electron chi connectivity index (χ1n) is 10.2. The van der Waals surface area contributed by atoms with E-state index in [1.165, 1.54) is 0 Å². The Morgan fingerprint density at radius 2 is 1.79 bits per heavy atom. The molecule has 0 radical (unpaired) electrons. The largest absolute Gasteiger partial charge is 0.379 e. The lowest BCUT2D eigenvalue weighted by Gasteiger charge is -2.37. The van der Waals surface area contributed by atoms with Crippen LogP contribution in [0.1, 0.15) is 11.3 Å². The lowest BCUT2D eigenvalue weighted by atomic mass is 10.2. The predicted molar refractivity (Wildman–Crippen MR) is 111 cm³/mol. The molecule has 1 amide bonds. The topological polar surface area (TPSA) is 74.7 Å². The molecule has 4 heterocycles. The quantitative estimate of drug-likeness (QED) is 0.767. The summed E-state index contributed by atoms with van der Waals surface area (Å²) >= 11 is 0. The second-order valence-corrected chi connectivity index (χ2v) is 7.55. The first-order chi connectivity index (χ1) is 14.1. The van der Waals surface area contributed by atoms with Crippen LogP contribution < -0.4 is 4.90 Å². The Balaban J connectivity index is 1.43. The molecule has 0 N–H and O–H groups in total. The summed E-state index contributed by atoms with van der Waals surface area (Å²) in [7, 11) is 0. The first-order valence-corrected chi connectivity index (χ1v) is 10.2. The van der Waals surface area contributed by atoms with E-state index in [0.717, 1.165) is 48.9 Å². The van der Waals surface area contributed by atoms with Gasteiger partial charge in [-0.25, -0.2) is 9.97 Å². The van der Waals surface area contributed by atoms with Crippen molar-refractivity contribution >= 4 is 11.7 Å². The third-order valence-electron chi connectivity index (χ3n) is 5.65. The van der Waals surface area contributed by atoms with Crippen molar-refractivity contribution in [3.8, 4) is 11.5 Å². The van der Waals surface area contributed by atoms with E-state index < -0.39 is 0 Å². The first kappa shape index (κ1) is 19.7. The van der Waals surface area contributed by atoms with Gasteiger partial charge in [-0.15, -0.1) is 0 Å². The summed E-state index contributed by atoms with van der Waals surface area (Å²) in [6.07, 6.45) is 1.76. The summed E-state index contributed by atoms with van der Waals surface area (Å²) < 4.78 is 5.36. The zero-order chi connectivity index (χ0) is 20.2. The summed E-state index contributed by atoms with van der Waals surface area (Å²) in [5.41, 5.74) is 2.82. The molecule has 2 aromatic rings. The van der Waals surface area contributed by atoms with Gasteiger partial charge in [-0.05, 0) is 26.0 Å². The molecule has 2 saturated heterocycles. The molecule has 0 spiro atoms. The van der Waals surface area contributed by atoms with Crippen LogP contribution in [0, 0.1) is 13.8 Å². The number of aromatic nitrogens is 3. The molecule has 0 bridgehead atoms. The van der Waals surface area contributed by atoms with Gasteiger partial charge in [0.15, 0.2) is 5.82 Å². The zero-order valence-corrected chi connectivity index (χ0v) is 17.2. The standard InChI is InChI=1S/C21H28N6O2/c1-16-17(2)23-20(18-5-3-4-6-22-18)24-21(16)27-9-7-26(8-10-27)19(28)15-25-11-13-29-14-12-25/h3-6H,7-15H2,1-2H3. The van der Waals surface area contributed by atoms with Crippen LogP contribution in [0.25, 0.3) is 11.5 Å². The fourth-order valence-corrected chi connectivity index (χ4v) is 3.75. The van der Waals surface area contributed by atoms with Gasteiger partial charge in [0, 0.05) is 56.7 Å². The second-order valence-electron chi connectivity index (χ2n) is 7.55. The van der Waals surface area contributed by atoms with Crippen LogP contribution in [0.15, 0.2) is 24.4 Å². The molecule has 4 rings (SSSR count). The molecular formula is C21H28N6O2. The Kier molecular flexibility index (Phi) is 6.01. The van der Waals surface area contributed by atoms with E-state index in [2.05, 4.69) is 26.7 Å². The van der Waals surface area contributed by atoms with Crippen LogP contribution >= 0.6 is 0 Å². The van der Waals surface area contributed by atoms with Gasteiger partial charge in [0.05, 0.1) is 19.8 Å². The van der Waals surface area contributed by atoms with Crippen LogP contribution in [0.3, 0.4) is 0 Å². The number of ether oxygens (including phenoxy) is 1. The predicted octanol–water partition coefficient (Wildman–Crippen LogP) is 1.14. The van der Waals surface area contributed by atoms with E-state index in [-0.39, 0.29) is 5.91 Å². The van der Waals surface area contributed by atoms with Gasteiger partial charge >= 0.3 is 0 Å². The summed E-state index contributed by atoms with van der Waals surface area (Å²) in [5.74, 6) is 1.80. The van der Waals surface area contributed by atoms with E-state index in [1.807, 2.05) is 30.0 Å². The minimum atomic E-state index is 0.205. The van der Waals surface area contributed by atoms with E-state index in [4.69, 9.17) is 9.72 Å². The molecule has 2 aromatic heterocycles. The number of rotatable bonds is 4. The van der Waals surface area contributed by atoms with Gasteiger partial charge < -0.3 is 14.5 Å². The Morgan fingerprint density at radius 1 is 1.03 bits per heavy atom. The van der Waals surface area contributed by atoms with E-state index >= 15 is 0 Å². The molecule has 8 heteroatoms. The second kappa shape index (κ2) is 8.84. The Bertz CT molecular complexity index is 846. The van der Waals surface area contributed by atoms with Crippen LogP contribution in [-0.2, 0) is 9.53 Å². The fraction of sp³-hybridized carbons (Fsp3) is 0.524. The fourth-order valence-electron chi connectivity index (χ4n) is 3.75. The number of carbonyl (C=O) groups is 1. The smallest absolute Gasteiger partial charge is 0.236 e. The van der Waals surface area contributed by atoms with Gasteiger partial charge in [0.25, 0.3) is 0 Å². The van der Waals surface area contributed by atoms with Gasteiger partial charge in [0.2, 0.25) is 5.91 Å². The highest BCUT2D eigenvalue weighted by atomic mass is 16.5. The van der Waals surface area contributed by atoms with Gasteiger partial charge in [-0.1, -0.05) is 6.07 Å². The summed E-state index contributed by atoms with van der Waals surface area (Å²) in [6, 6.07) is 5.76. The summed E-state index contributed by atoms with van der Waals surface area (Å²) in [5, 5.41) is 0. The maximum atomic E-state index is 12.7. The maximum absolute atomic E-state index is 12.7. The highest BCUT2D eigenvalue weighted by Gasteiger charge is 2.25. The van der Waals surface area contributed by atoms with Crippen molar-refractivity contribution in [2.45, 2.75) is 13.8 Å².